The van der Waals surface area contributed by atoms with Crippen molar-refractivity contribution in [3.8, 4) is 0 Å². The summed E-state index contributed by atoms with van der Waals surface area (Å²) in [7, 11) is 0. The number of esters is 1. The molecular weight excluding hydrogens is 504 g/mol. The van der Waals surface area contributed by atoms with E-state index in [4.69, 9.17) is 15.2 Å². The highest BCUT2D eigenvalue weighted by Crippen LogP contribution is 2.32. The maximum Gasteiger partial charge on any atom is 0.408 e. The van der Waals surface area contributed by atoms with Gasteiger partial charge in [0.05, 0.1) is 19.4 Å². The Morgan fingerprint density at radius 1 is 1.03 bits per heavy atom. The zero-order valence-corrected chi connectivity index (χ0v) is 24.6. The van der Waals surface area contributed by atoms with Crippen molar-refractivity contribution in [2.75, 3.05) is 13.2 Å². The number of rotatable bonds is 11. The fourth-order valence-corrected chi connectivity index (χ4v) is 3.93. The molecule has 0 spiro atoms. The van der Waals surface area contributed by atoms with E-state index in [1.54, 1.807) is 54.5 Å². The zero-order valence-electron chi connectivity index (χ0n) is 24.6. The molecule has 0 aliphatic heterocycles. The second kappa shape index (κ2) is 14.0. The summed E-state index contributed by atoms with van der Waals surface area (Å²) < 4.78 is 10.2. The third-order valence-corrected chi connectivity index (χ3v) is 5.52. The van der Waals surface area contributed by atoms with Crippen LogP contribution >= 0.6 is 0 Å². The molecule has 39 heavy (non-hydrogen) atoms. The highest BCUT2D eigenvalue weighted by Gasteiger charge is 2.42. The van der Waals surface area contributed by atoms with E-state index in [9.17, 15) is 24.0 Å². The third kappa shape index (κ3) is 10.9. The van der Waals surface area contributed by atoms with Crippen LogP contribution < -0.4 is 16.4 Å². The molecule has 11 nitrogen and oxygen atoms in total. The van der Waals surface area contributed by atoms with Crippen LogP contribution in [0.2, 0.25) is 0 Å². The van der Waals surface area contributed by atoms with Gasteiger partial charge in [0, 0.05) is 12.1 Å². The number of carbonyl (C=O) groups excluding carboxylic acids is 5. The molecule has 0 aromatic heterocycles. The molecule has 1 aromatic rings. The standard InChI is InChI=1S/C28H44N4O7/c1-10-38-22(34)13-14-30-24(35)23(19-15-17(2)11-12-18(19)3)32(27(4,5)6)25(36)20(16-21(29)33)31-26(37)39-28(7,8)9/h11-12,15,20,23H,10,13-14,16H2,1-9H3,(H2,29,33)(H,30,35)(H,31,37). The molecule has 1 aromatic carbocycles. The van der Waals surface area contributed by atoms with Crippen molar-refractivity contribution in [3.05, 3.63) is 34.9 Å². The number of aryl methyl sites for hydroxylation is 2. The molecule has 2 atom stereocenters. The Morgan fingerprint density at radius 2 is 1.64 bits per heavy atom. The Labute approximate surface area is 231 Å². The van der Waals surface area contributed by atoms with Crippen molar-refractivity contribution < 1.29 is 33.4 Å². The summed E-state index contributed by atoms with van der Waals surface area (Å²) in [6, 6.07) is 2.99. The van der Waals surface area contributed by atoms with Crippen LogP contribution in [0.3, 0.4) is 0 Å². The second-order valence-corrected chi connectivity index (χ2v) is 11.4. The first-order valence-electron chi connectivity index (χ1n) is 13.0. The van der Waals surface area contributed by atoms with E-state index in [2.05, 4.69) is 10.6 Å². The molecular formula is C28H44N4O7. The Morgan fingerprint density at radius 3 is 2.15 bits per heavy atom. The summed E-state index contributed by atoms with van der Waals surface area (Å²) in [5.74, 6) is -2.52. The second-order valence-electron chi connectivity index (χ2n) is 11.4. The van der Waals surface area contributed by atoms with Crippen LogP contribution in [0, 0.1) is 13.8 Å². The average Bonchev–Trinajstić information content (AvgIpc) is 2.76. The summed E-state index contributed by atoms with van der Waals surface area (Å²) in [5.41, 5.74) is 5.79. The molecule has 0 saturated carbocycles. The minimum atomic E-state index is -1.39. The predicted molar refractivity (Wildman–Crippen MR) is 146 cm³/mol. The van der Waals surface area contributed by atoms with Crippen molar-refractivity contribution in [2.45, 2.75) is 98.4 Å². The number of nitrogens with one attached hydrogen (secondary N) is 2. The number of ether oxygens (including phenoxy) is 2. The van der Waals surface area contributed by atoms with Gasteiger partial charge in [-0.3, -0.25) is 19.2 Å². The fourth-order valence-electron chi connectivity index (χ4n) is 3.93. The Hall–Kier alpha value is -3.63. The summed E-state index contributed by atoms with van der Waals surface area (Å²) >= 11 is 0. The Balaban J connectivity index is 3.58. The maximum absolute atomic E-state index is 14.1. The van der Waals surface area contributed by atoms with Crippen LogP contribution in [0.25, 0.3) is 0 Å². The van der Waals surface area contributed by atoms with Crippen LogP contribution in [0.4, 0.5) is 4.79 Å². The minimum Gasteiger partial charge on any atom is -0.466 e. The van der Waals surface area contributed by atoms with Gasteiger partial charge in [-0.2, -0.15) is 0 Å². The molecule has 1 rings (SSSR count). The van der Waals surface area contributed by atoms with Crippen LogP contribution in [-0.4, -0.2) is 65.0 Å². The summed E-state index contributed by atoms with van der Waals surface area (Å²) in [4.78, 5) is 65.5. The molecule has 0 aliphatic carbocycles. The highest BCUT2D eigenvalue weighted by atomic mass is 16.6. The van der Waals surface area contributed by atoms with E-state index in [-0.39, 0.29) is 19.6 Å². The average molecular weight is 549 g/mol. The predicted octanol–water partition coefficient (Wildman–Crippen LogP) is 2.81. The normalized spacial score (nSPS) is 13.1. The minimum absolute atomic E-state index is 0.00786. The topological polar surface area (TPSA) is 157 Å². The molecule has 4 amide bonds. The van der Waals surface area contributed by atoms with E-state index in [0.717, 1.165) is 11.1 Å². The van der Waals surface area contributed by atoms with Gasteiger partial charge in [-0.25, -0.2) is 4.79 Å². The molecule has 11 heteroatoms. The first kappa shape index (κ1) is 33.4. The number of hydrogen-bond acceptors (Lipinski definition) is 7. The van der Waals surface area contributed by atoms with Gasteiger partial charge >= 0.3 is 12.1 Å². The smallest absolute Gasteiger partial charge is 0.408 e. The monoisotopic (exact) mass is 548 g/mol. The number of nitrogens with two attached hydrogens (primary N) is 1. The van der Waals surface area contributed by atoms with Gasteiger partial charge in [-0.15, -0.1) is 0 Å². The van der Waals surface area contributed by atoms with Crippen molar-refractivity contribution >= 4 is 29.8 Å². The summed E-state index contributed by atoms with van der Waals surface area (Å²) in [5, 5.41) is 5.19. The van der Waals surface area contributed by atoms with E-state index in [1.807, 2.05) is 26.0 Å². The van der Waals surface area contributed by atoms with Crippen molar-refractivity contribution in [3.63, 3.8) is 0 Å². The van der Waals surface area contributed by atoms with Crippen molar-refractivity contribution in [1.82, 2.24) is 15.5 Å². The van der Waals surface area contributed by atoms with Gasteiger partial charge in [0.2, 0.25) is 17.7 Å². The molecule has 0 fully saturated rings. The molecule has 0 saturated heterocycles. The van der Waals surface area contributed by atoms with Gasteiger partial charge in [0.15, 0.2) is 0 Å². The SMILES string of the molecule is CCOC(=O)CCNC(=O)C(c1cc(C)ccc1C)N(C(=O)C(CC(N)=O)NC(=O)OC(C)(C)C)C(C)(C)C. The summed E-state index contributed by atoms with van der Waals surface area (Å²) in [6.45, 7) is 15.8. The van der Waals surface area contributed by atoms with E-state index >= 15 is 0 Å². The van der Waals surface area contributed by atoms with E-state index in [1.165, 1.54) is 4.90 Å². The third-order valence-electron chi connectivity index (χ3n) is 5.52. The van der Waals surface area contributed by atoms with Gasteiger partial charge in [-0.1, -0.05) is 23.8 Å². The van der Waals surface area contributed by atoms with Gasteiger partial charge < -0.3 is 30.7 Å². The Bertz CT molecular complexity index is 1060. The maximum atomic E-state index is 14.1. The number of benzene rings is 1. The van der Waals surface area contributed by atoms with Gasteiger partial charge in [0.25, 0.3) is 0 Å². The lowest BCUT2D eigenvalue weighted by molar-refractivity contribution is -0.149. The van der Waals surface area contributed by atoms with E-state index < -0.39 is 59.4 Å². The number of primary amides is 1. The number of alkyl carbamates (subject to hydrolysis) is 1. The summed E-state index contributed by atoms with van der Waals surface area (Å²) in [6.07, 6.45) is -1.46. The highest BCUT2D eigenvalue weighted by molar-refractivity contribution is 5.95. The van der Waals surface area contributed by atoms with Crippen LogP contribution in [0.15, 0.2) is 18.2 Å². The van der Waals surface area contributed by atoms with Gasteiger partial charge in [-0.05, 0) is 73.4 Å². The number of amides is 4. The fraction of sp³-hybridized carbons (Fsp3) is 0.607. The largest absolute Gasteiger partial charge is 0.466 e. The zero-order chi connectivity index (χ0) is 30.1. The quantitative estimate of drug-likeness (QED) is 0.359. The lowest BCUT2D eigenvalue weighted by Gasteiger charge is -2.43. The first-order valence-corrected chi connectivity index (χ1v) is 13.0. The molecule has 0 radical (unpaired) electrons. The van der Waals surface area contributed by atoms with Crippen molar-refractivity contribution in [2.24, 2.45) is 5.73 Å². The van der Waals surface area contributed by atoms with Crippen LogP contribution in [0.5, 0.6) is 0 Å². The molecule has 0 bridgehead atoms. The number of carbonyl (C=O) groups is 5. The molecule has 0 heterocycles. The lowest BCUT2D eigenvalue weighted by atomic mass is 9.91. The van der Waals surface area contributed by atoms with Crippen molar-refractivity contribution in [1.29, 1.82) is 0 Å². The van der Waals surface area contributed by atoms with Gasteiger partial charge in [0.1, 0.15) is 17.7 Å². The number of nitrogens with zero attached hydrogens (tertiary/aromatic N) is 1. The molecule has 4 N–H and O–H groups in total. The van der Waals surface area contributed by atoms with Crippen LogP contribution in [0.1, 0.15) is 84.0 Å². The van der Waals surface area contributed by atoms with Crippen LogP contribution in [-0.2, 0) is 28.7 Å². The Kier molecular flexibility index (Phi) is 12.0. The molecule has 2 unspecified atom stereocenters. The molecule has 0 aliphatic rings. The first-order chi connectivity index (χ1) is 17.9. The number of hydrogen-bond donors (Lipinski definition) is 3. The lowest BCUT2D eigenvalue weighted by Crippen LogP contribution is -2.59. The molecule has 218 valence electrons. The van der Waals surface area contributed by atoms with E-state index in [0.29, 0.717) is 5.56 Å².